The molecule has 0 saturated carbocycles. The molecule has 0 aromatic heterocycles. The highest BCUT2D eigenvalue weighted by Crippen LogP contribution is 2.29. The molecule has 2 amide bonds. The van der Waals surface area contributed by atoms with Crippen LogP contribution in [0.4, 0.5) is 9.59 Å². The standard InChI is InChI=1S/C10H14N4O4S4/c11-3-1-7-19-21-13(9(15)16)5-6-14(10(17)18)22-20-8-2-4-12/h1-2,5-8H2,(H,15,16)(H,17,18). The van der Waals surface area contributed by atoms with Crippen LogP contribution in [0.2, 0.25) is 0 Å². The van der Waals surface area contributed by atoms with Crippen molar-refractivity contribution < 1.29 is 19.8 Å². The minimum atomic E-state index is -1.16. The molecule has 0 aliphatic heterocycles. The molecule has 0 saturated heterocycles. The summed E-state index contributed by atoms with van der Waals surface area (Å²) < 4.78 is 2.05. The van der Waals surface area contributed by atoms with Crippen LogP contribution in [0.3, 0.4) is 0 Å². The SMILES string of the molecule is N#CCCSSN(CCN(SSCCC#N)C(=O)O)C(=O)O. The Bertz CT molecular complexity index is 400. The molecule has 0 aromatic rings. The molecule has 0 aliphatic carbocycles. The van der Waals surface area contributed by atoms with E-state index in [4.69, 9.17) is 20.7 Å². The number of nitriles is 2. The lowest BCUT2D eigenvalue weighted by molar-refractivity contribution is 0.164. The second-order valence-electron chi connectivity index (χ2n) is 3.38. The predicted molar refractivity (Wildman–Crippen MR) is 90.0 cm³/mol. The van der Waals surface area contributed by atoms with Gasteiger partial charge in [-0.25, -0.2) is 18.2 Å². The molecule has 0 aromatic carbocycles. The van der Waals surface area contributed by atoms with Crippen LogP contribution in [0.25, 0.3) is 0 Å². The minimum Gasteiger partial charge on any atom is -0.464 e. The molecule has 0 radical (unpaired) electrons. The number of rotatable bonds is 11. The van der Waals surface area contributed by atoms with Crippen molar-refractivity contribution in [1.82, 2.24) is 8.61 Å². The smallest absolute Gasteiger partial charge is 0.418 e. The lowest BCUT2D eigenvalue weighted by atomic mass is 10.6. The van der Waals surface area contributed by atoms with E-state index in [9.17, 15) is 9.59 Å². The maximum atomic E-state index is 11.1. The highest BCUT2D eigenvalue weighted by molar-refractivity contribution is 8.76. The van der Waals surface area contributed by atoms with Gasteiger partial charge >= 0.3 is 12.2 Å². The number of hydrogen-bond acceptors (Lipinski definition) is 8. The first-order valence-electron chi connectivity index (χ1n) is 5.87. The maximum absolute atomic E-state index is 11.1. The third-order valence-corrected chi connectivity index (χ3v) is 6.51. The molecule has 0 heterocycles. The van der Waals surface area contributed by atoms with Gasteiger partial charge < -0.3 is 10.2 Å². The number of nitrogens with zero attached hydrogens (tertiary/aromatic N) is 4. The Labute approximate surface area is 144 Å². The van der Waals surface area contributed by atoms with Crippen molar-refractivity contribution in [2.75, 3.05) is 24.6 Å². The average Bonchev–Trinajstić information content (AvgIpc) is 2.47. The summed E-state index contributed by atoms with van der Waals surface area (Å²) in [4.78, 5) is 22.1. The fourth-order valence-corrected chi connectivity index (χ4v) is 4.62. The van der Waals surface area contributed by atoms with Gasteiger partial charge in [-0.05, 0) is 0 Å². The molecule has 0 bridgehead atoms. The summed E-state index contributed by atoms with van der Waals surface area (Å²) >= 11 is 0. The van der Waals surface area contributed by atoms with Crippen molar-refractivity contribution in [2.45, 2.75) is 12.8 Å². The van der Waals surface area contributed by atoms with Gasteiger partial charge in [0.1, 0.15) is 0 Å². The highest BCUT2D eigenvalue weighted by atomic mass is 33.1. The van der Waals surface area contributed by atoms with Crippen molar-refractivity contribution in [1.29, 1.82) is 10.5 Å². The molecule has 0 spiro atoms. The second kappa shape index (κ2) is 13.6. The second-order valence-corrected chi connectivity index (χ2v) is 8.15. The Hall–Kier alpha value is -1.08. The monoisotopic (exact) mass is 382 g/mol. The van der Waals surface area contributed by atoms with E-state index >= 15 is 0 Å². The summed E-state index contributed by atoms with van der Waals surface area (Å²) in [6.45, 7) is 0.0231. The molecule has 0 atom stereocenters. The molecule has 0 rings (SSSR count). The van der Waals surface area contributed by atoms with Gasteiger partial charge in [0.2, 0.25) is 0 Å². The molecule has 122 valence electrons. The van der Waals surface area contributed by atoms with Crippen LogP contribution < -0.4 is 0 Å². The van der Waals surface area contributed by atoms with Crippen molar-refractivity contribution in [2.24, 2.45) is 0 Å². The largest absolute Gasteiger partial charge is 0.464 e. The Kier molecular flexibility index (Phi) is 12.9. The average molecular weight is 383 g/mol. The zero-order valence-electron chi connectivity index (χ0n) is 11.4. The van der Waals surface area contributed by atoms with E-state index in [0.29, 0.717) is 24.3 Å². The van der Waals surface area contributed by atoms with E-state index in [1.54, 1.807) is 0 Å². The molecular weight excluding hydrogens is 368 g/mol. The first-order valence-corrected chi connectivity index (χ1v) is 10.4. The summed E-state index contributed by atoms with van der Waals surface area (Å²) in [6, 6.07) is 3.91. The molecule has 2 N–H and O–H groups in total. The lowest BCUT2D eigenvalue weighted by Crippen LogP contribution is -2.33. The predicted octanol–water partition coefficient (Wildman–Crippen LogP) is 3.37. The lowest BCUT2D eigenvalue weighted by Gasteiger charge is -2.21. The maximum Gasteiger partial charge on any atom is 0.418 e. The van der Waals surface area contributed by atoms with Crippen LogP contribution in [0, 0.1) is 22.7 Å². The van der Waals surface area contributed by atoms with Crippen molar-refractivity contribution >= 4 is 55.7 Å². The van der Waals surface area contributed by atoms with E-state index in [2.05, 4.69) is 0 Å². The third-order valence-electron chi connectivity index (χ3n) is 1.81. The van der Waals surface area contributed by atoms with E-state index in [1.165, 1.54) is 21.6 Å². The summed E-state index contributed by atoms with van der Waals surface area (Å²) in [5.74, 6) is 0.985. The van der Waals surface area contributed by atoms with E-state index in [-0.39, 0.29) is 13.1 Å². The van der Waals surface area contributed by atoms with Crippen LogP contribution >= 0.6 is 43.5 Å². The number of hydrogen-bond donors (Lipinski definition) is 2. The normalized spacial score (nSPS) is 9.55. The Morgan fingerprint density at radius 3 is 1.50 bits per heavy atom. The molecule has 22 heavy (non-hydrogen) atoms. The van der Waals surface area contributed by atoms with Crippen LogP contribution in [0.5, 0.6) is 0 Å². The van der Waals surface area contributed by atoms with Gasteiger partial charge in [0, 0.05) is 46.3 Å². The summed E-state index contributed by atoms with van der Waals surface area (Å²) in [7, 11) is 4.40. The summed E-state index contributed by atoms with van der Waals surface area (Å²) in [5.41, 5.74) is 0. The van der Waals surface area contributed by atoms with Crippen LogP contribution in [-0.4, -0.2) is 55.6 Å². The first-order chi connectivity index (χ1) is 10.5. The molecule has 0 unspecified atom stereocenters. The van der Waals surface area contributed by atoms with Crippen molar-refractivity contribution in [3.63, 3.8) is 0 Å². The number of amides is 2. The van der Waals surface area contributed by atoms with Gasteiger partial charge in [-0.15, -0.1) is 0 Å². The Morgan fingerprint density at radius 1 is 0.864 bits per heavy atom. The van der Waals surface area contributed by atoms with Gasteiger partial charge in [0.15, 0.2) is 0 Å². The van der Waals surface area contributed by atoms with E-state index in [1.807, 2.05) is 12.1 Å². The first kappa shape index (κ1) is 20.9. The zero-order chi connectivity index (χ0) is 16.8. The van der Waals surface area contributed by atoms with Gasteiger partial charge in [-0.3, -0.25) is 0 Å². The number of carbonyl (C=O) groups is 2. The van der Waals surface area contributed by atoms with E-state index in [0.717, 1.165) is 30.6 Å². The van der Waals surface area contributed by atoms with Crippen molar-refractivity contribution in [3.8, 4) is 12.1 Å². The fourth-order valence-electron chi connectivity index (χ4n) is 0.888. The van der Waals surface area contributed by atoms with Crippen LogP contribution in [0.1, 0.15) is 12.8 Å². The van der Waals surface area contributed by atoms with Gasteiger partial charge in [0.05, 0.1) is 25.2 Å². The topological polar surface area (TPSA) is 129 Å². The minimum absolute atomic E-state index is 0.0116. The molecule has 0 aliphatic rings. The molecular formula is C10H14N4O4S4. The van der Waals surface area contributed by atoms with Crippen molar-refractivity contribution in [3.05, 3.63) is 0 Å². The third kappa shape index (κ3) is 10.6. The van der Waals surface area contributed by atoms with Gasteiger partial charge in [0.25, 0.3) is 0 Å². The zero-order valence-corrected chi connectivity index (χ0v) is 14.6. The highest BCUT2D eigenvalue weighted by Gasteiger charge is 2.18. The van der Waals surface area contributed by atoms with E-state index < -0.39 is 12.2 Å². The number of carboxylic acid groups (broad SMARTS) is 2. The van der Waals surface area contributed by atoms with Gasteiger partial charge in [-0.2, -0.15) is 10.5 Å². The summed E-state index contributed by atoms with van der Waals surface area (Å²) in [6.07, 6.45) is -1.70. The van der Waals surface area contributed by atoms with Gasteiger partial charge in [-0.1, -0.05) is 21.6 Å². The summed E-state index contributed by atoms with van der Waals surface area (Å²) in [5, 5.41) is 34.9. The van der Waals surface area contributed by atoms with Crippen LogP contribution in [-0.2, 0) is 0 Å². The molecule has 0 fully saturated rings. The Balaban J connectivity index is 4.21. The van der Waals surface area contributed by atoms with Crippen LogP contribution in [0.15, 0.2) is 0 Å². The molecule has 12 heteroatoms. The quantitative estimate of drug-likeness (QED) is 0.311. The fraction of sp³-hybridized carbons (Fsp3) is 0.600. The Morgan fingerprint density at radius 2 is 1.23 bits per heavy atom. The molecule has 8 nitrogen and oxygen atoms in total.